The average molecular weight is 569 g/mol. The molecule has 3 rings (SSSR count). The lowest BCUT2D eigenvalue weighted by Crippen LogP contribution is -2.43. The van der Waals surface area contributed by atoms with Crippen LogP contribution in [0.4, 0.5) is 8.78 Å². The maximum atomic E-state index is 14.8. The minimum absolute atomic E-state index is 0.00505. The van der Waals surface area contributed by atoms with Crippen LogP contribution in [0.15, 0.2) is 41.3 Å². The molecule has 208 valence electrons. The van der Waals surface area contributed by atoms with E-state index in [0.717, 1.165) is 44.3 Å². The van der Waals surface area contributed by atoms with E-state index in [9.17, 15) is 18.4 Å². The molecule has 2 aromatic carbocycles. The van der Waals surface area contributed by atoms with Crippen LogP contribution in [0.2, 0.25) is 5.02 Å². The van der Waals surface area contributed by atoms with Crippen LogP contribution in [-0.2, 0) is 9.59 Å². The molecule has 0 saturated carbocycles. The summed E-state index contributed by atoms with van der Waals surface area (Å²) >= 11 is 6.91. The van der Waals surface area contributed by atoms with Gasteiger partial charge in [-0.15, -0.1) is 0 Å². The Bertz CT molecular complexity index is 1050. The molecule has 1 N–H and O–H groups in total. The number of amides is 2. The number of benzene rings is 2. The fourth-order valence-electron chi connectivity index (χ4n) is 3.91. The number of carbonyl (C=O) groups is 2. The molecule has 1 heterocycles. The van der Waals surface area contributed by atoms with Crippen molar-refractivity contribution in [1.29, 1.82) is 0 Å². The fourth-order valence-corrected chi connectivity index (χ4v) is 5.00. The van der Waals surface area contributed by atoms with Crippen molar-refractivity contribution in [3.05, 3.63) is 53.1 Å². The second-order valence-corrected chi connectivity index (χ2v) is 10.8. The lowest BCUT2D eigenvalue weighted by atomic mass is 10.1. The second kappa shape index (κ2) is 15.3. The first-order chi connectivity index (χ1) is 18.2. The quantitative estimate of drug-likeness (QED) is 0.336. The maximum absolute atomic E-state index is 14.8. The molecular weight excluding hydrogens is 534 g/mol. The highest BCUT2D eigenvalue weighted by molar-refractivity contribution is 7.97. The second-order valence-electron chi connectivity index (χ2n) is 9.23. The van der Waals surface area contributed by atoms with Crippen molar-refractivity contribution in [2.45, 2.75) is 37.5 Å². The lowest BCUT2D eigenvalue weighted by molar-refractivity contribution is -0.131. The molecule has 38 heavy (non-hydrogen) atoms. The number of hydrogen-bond donors (Lipinski definition) is 1. The number of piperidine rings is 1. The summed E-state index contributed by atoms with van der Waals surface area (Å²) in [6.07, 6.45) is 4.19. The normalized spacial score (nSPS) is 13.9. The molecule has 1 fully saturated rings. The molecule has 2 aromatic rings. The number of rotatable bonds is 13. The van der Waals surface area contributed by atoms with E-state index in [1.54, 1.807) is 28.4 Å². The zero-order chi connectivity index (χ0) is 27.5. The summed E-state index contributed by atoms with van der Waals surface area (Å²) in [6, 6.07) is 8.49. The lowest BCUT2D eigenvalue weighted by Gasteiger charge is -2.29. The van der Waals surface area contributed by atoms with Crippen molar-refractivity contribution >= 4 is 35.4 Å². The zero-order valence-corrected chi connectivity index (χ0v) is 23.4. The van der Waals surface area contributed by atoms with E-state index in [0.29, 0.717) is 31.2 Å². The van der Waals surface area contributed by atoms with E-state index < -0.39 is 17.4 Å². The van der Waals surface area contributed by atoms with Crippen LogP contribution in [0.3, 0.4) is 0 Å². The van der Waals surface area contributed by atoms with Crippen molar-refractivity contribution in [2.75, 3.05) is 52.9 Å². The van der Waals surface area contributed by atoms with Crippen molar-refractivity contribution in [1.82, 2.24) is 19.4 Å². The Morgan fingerprint density at radius 2 is 1.74 bits per heavy atom. The van der Waals surface area contributed by atoms with Crippen LogP contribution >= 0.6 is 23.5 Å². The van der Waals surface area contributed by atoms with Crippen molar-refractivity contribution in [2.24, 2.45) is 0 Å². The molecule has 0 spiro atoms. The monoisotopic (exact) mass is 568 g/mol. The molecule has 1 saturated heterocycles. The minimum Gasteiger partial charge on any atom is -0.451 e. The summed E-state index contributed by atoms with van der Waals surface area (Å²) < 4.78 is 36.8. The first-order valence-corrected chi connectivity index (χ1v) is 14.0. The molecule has 1 aliphatic rings. The highest BCUT2D eigenvalue weighted by Crippen LogP contribution is 2.33. The summed E-state index contributed by atoms with van der Waals surface area (Å²) in [6.45, 7) is 5.40. The van der Waals surface area contributed by atoms with Gasteiger partial charge in [-0.25, -0.2) is 13.1 Å². The standard InChI is InChI=1S/C27H35ClF2N4O3S/c1-3-11-31-25(35)18-34(15-14-32(2)26(36)19-33-12-5-4-6-13-33)38-22-16-23(29)27(24(30)17-22)37-21-9-7-20(28)8-10-21/h7-10,16-17H,3-6,11-15,18-19H2,1-2H3,(H,31,35). The van der Waals surface area contributed by atoms with Crippen molar-refractivity contribution < 1.29 is 23.1 Å². The predicted molar refractivity (Wildman–Crippen MR) is 147 cm³/mol. The van der Waals surface area contributed by atoms with Gasteiger partial charge in [-0.2, -0.15) is 0 Å². The molecule has 0 bridgehead atoms. The van der Waals surface area contributed by atoms with Crippen molar-refractivity contribution in [3.63, 3.8) is 0 Å². The molecule has 0 radical (unpaired) electrons. The molecule has 2 amide bonds. The number of nitrogens with one attached hydrogen (secondary N) is 1. The van der Waals surface area contributed by atoms with Gasteiger partial charge in [-0.05, 0) is 80.7 Å². The van der Waals surface area contributed by atoms with Crippen LogP contribution in [-0.4, -0.2) is 78.8 Å². The van der Waals surface area contributed by atoms with Gasteiger partial charge in [0.25, 0.3) is 0 Å². The largest absolute Gasteiger partial charge is 0.451 e. The third kappa shape index (κ3) is 9.72. The molecule has 0 atom stereocenters. The molecule has 11 heteroatoms. The number of nitrogens with zero attached hydrogens (tertiary/aromatic N) is 3. The summed E-state index contributed by atoms with van der Waals surface area (Å²) in [5.41, 5.74) is 0. The van der Waals surface area contributed by atoms with E-state index >= 15 is 0 Å². The Labute approximate surface area is 232 Å². The minimum atomic E-state index is -0.869. The number of ether oxygens (including phenoxy) is 1. The highest BCUT2D eigenvalue weighted by Gasteiger charge is 2.20. The summed E-state index contributed by atoms with van der Waals surface area (Å²) in [5.74, 6) is -2.21. The van der Waals surface area contributed by atoms with Gasteiger partial charge in [-0.3, -0.25) is 14.5 Å². The summed E-state index contributed by atoms with van der Waals surface area (Å²) in [5, 5.41) is 3.30. The van der Waals surface area contributed by atoms with Gasteiger partial charge in [0.1, 0.15) is 5.75 Å². The van der Waals surface area contributed by atoms with Crippen molar-refractivity contribution in [3.8, 4) is 11.5 Å². The molecule has 7 nitrogen and oxygen atoms in total. The Morgan fingerprint density at radius 1 is 1.08 bits per heavy atom. The topological polar surface area (TPSA) is 65.1 Å². The number of hydrogen-bond acceptors (Lipinski definition) is 6. The van der Waals surface area contributed by atoms with E-state index in [1.165, 1.54) is 30.7 Å². The first kappa shape index (κ1) is 30.1. The summed E-state index contributed by atoms with van der Waals surface area (Å²) in [4.78, 5) is 29.2. The van der Waals surface area contributed by atoms with Gasteiger partial charge in [0, 0.05) is 36.6 Å². The molecule has 1 aliphatic heterocycles. The van der Waals surface area contributed by atoms with E-state index in [4.69, 9.17) is 16.3 Å². The number of halogens is 3. The van der Waals surface area contributed by atoms with E-state index in [-0.39, 0.29) is 29.0 Å². The number of likely N-dealkylation sites (N-methyl/N-ethyl adjacent to an activating group) is 1. The molecule has 0 aromatic heterocycles. The SMILES string of the molecule is CCCNC(=O)CN(CCN(C)C(=O)CN1CCCCC1)Sc1cc(F)c(Oc2ccc(Cl)cc2)c(F)c1. The Morgan fingerprint density at radius 3 is 2.37 bits per heavy atom. The average Bonchev–Trinajstić information content (AvgIpc) is 2.89. The predicted octanol–water partition coefficient (Wildman–Crippen LogP) is 5.19. The summed E-state index contributed by atoms with van der Waals surface area (Å²) in [7, 11) is 1.73. The van der Waals surface area contributed by atoms with E-state index in [1.807, 2.05) is 6.92 Å². The van der Waals surface area contributed by atoms with Crippen LogP contribution < -0.4 is 10.1 Å². The zero-order valence-electron chi connectivity index (χ0n) is 21.9. The third-order valence-corrected chi connectivity index (χ3v) is 7.32. The first-order valence-electron chi connectivity index (χ1n) is 12.8. The van der Waals surface area contributed by atoms with Crippen LogP contribution in [0, 0.1) is 11.6 Å². The van der Waals surface area contributed by atoms with Gasteiger partial charge < -0.3 is 15.0 Å². The third-order valence-electron chi connectivity index (χ3n) is 6.05. The van der Waals surface area contributed by atoms with Gasteiger partial charge in [-0.1, -0.05) is 24.9 Å². The van der Waals surface area contributed by atoms with Gasteiger partial charge in [0.05, 0.1) is 13.1 Å². The Kier molecular flexibility index (Phi) is 12.1. The van der Waals surface area contributed by atoms with Gasteiger partial charge in [0.15, 0.2) is 17.4 Å². The van der Waals surface area contributed by atoms with Crippen LogP contribution in [0.5, 0.6) is 11.5 Å². The fraction of sp³-hybridized carbons (Fsp3) is 0.481. The smallest absolute Gasteiger partial charge is 0.236 e. The molecule has 0 unspecified atom stereocenters. The Balaban J connectivity index is 1.65. The van der Waals surface area contributed by atoms with Gasteiger partial charge in [0.2, 0.25) is 11.8 Å². The number of likely N-dealkylation sites (tertiary alicyclic amines) is 1. The Hall–Kier alpha value is -2.40. The van der Waals surface area contributed by atoms with Crippen LogP contribution in [0.25, 0.3) is 0 Å². The highest BCUT2D eigenvalue weighted by atomic mass is 35.5. The van der Waals surface area contributed by atoms with Crippen LogP contribution in [0.1, 0.15) is 32.6 Å². The van der Waals surface area contributed by atoms with Gasteiger partial charge >= 0.3 is 0 Å². The maximum Gasteiger partial charge on any atom is 0.236 e. The molecular formula is C27H35ClF2N4O3S. The number of carbonyl (C=O) groups excluding carboxylic acids is 2. The molecule has 0 aliphatic carbocycles. The van der Waals surface area contributed by atoms with E-state index in [2.05, 4.69) is 10.2 Å².